The molecule has 1 atom stereocenters. The van der Waals surface area contributed by atoms with Gasteiger partial charge in [0.1, 0.15) is 0 Å². The molecule has 0 bridgehead atoms. The van der Waals surface area contributed by atoms with Crippen molar-refractivity contribution >= 4 is 24.6 Å². The Balaban J connectivity index is 2.84. The van der Waals surface area contributed by atoms with E-state index in [4.69, 9.17) is 10.5 Å². The number of ether oxygens (including phenoxy) is 1. The van der Waals surface area contributed by atoms with Gasteiger partial charge in [0.15, 0.2) is 0 Å². The van der Waals surface area contributed by atoms with Gasteiger partial charge in [-0.2, -0.15) is 0 Å². The Bertz CT molecular complexity index is 419. The molecule has 1 aliphatic heterocycles. The molecule has 8 heteroatoms. The molecule has 8 nitrogen and oxygen atoms in total. The van der Waals surface area contributed by atoms with Crippen molar-refractivity contribution in [3.8, 4) is 0 Å². The number of nitrogens with zero attached hydrogens (tertiary/aromatic N) is 3. The van der Waals surface area contributed by atoms with Gasteiger partial charge < -0.3 is 15.4 Å². The zero-order valence-corrected chi connectivity index (χ0v) is 11.4. The van der Waals surface area contributed by atoms with Gasteiger partial charge in [-0.25, -0.2) is 4.99 Å². The first-order valence-electron chi connectivity index (χ1n) is 6.18. The van der Waals surface area contributed by atoms with Crippen LogP contribution >= 0.6 is 0 Å². The predicted molar refractivity (Wildman–Crippen MR) is 75.0 cm³/mol. The minimum absolute atomic E-state index is 0.247. The number of hydrogen-bond donors (Lipinski definition) is 2. The Morgan fingerprint density at radius 3 is 3.15 bits per heavy atom. The highest BCUT2D eigenvalue weighted by Gasteiger charge is 2.14. The van der Waals surface area contributed by atoms with Gasteiger partial charge in [-0.05, 0) is 6.42 Å². The van der Waals surface area contributed by atoms with Gasteiger partial charge >= 0.3 is 0 Å². The predicted octanol–water partition coefficient (Wildman–Crippen LogP) is -0.916. The highest BCUT2D eigenvalue weighted by atomic mass is 16.5. The van der Waals surface area contributed by atoms with Crippen molar-refractivity contribution in [2.75, 3.05) is 26.8 Å². The lowest BCUT2D eigenvalue weighted by Gasteiger charge is -2.19. The molecular weight excluding hydrogens is 262 g/mol. The summed E-state index contributed by atoms with van der Waals surface area (Å²) in [6, 6.07) is 0. The minimum Gasteiger partial charge on any atom is -0.385 e. The number of amides is 2. The third-order valence-electron chi connectivity index (χ3n) is 2.61. The van der Waals surface area contributed by atoms with E-state index >= 15 is 0 Å². The van der Waals surface area contributed by atoms with Crippen LogP contribution in [0.3, 0.4) is 0 Å². The molecule has 0 aromatic rings. The van der Waals surface area contributed by atoms with Crippen molar-refractivity contribution in [1.82, 2.24) is 10.2 Å². The fraction of sp³-hybridized carbons (Fsp3) is 0.500. The molecule has 20 heavy (non-hydrogen) atoms. The number of hydrogen-bond acceptors (Lipinski definition) is 6. The smallest absolute Gasteiger partial charge is 0.226 e. The number of carbonyl (C=O) groups excluding carboxylic acids is 2. The minimum atomic E-state index is -0.508. The number of nitrogens with two attached hydrogens (primary N) is 1. The topological polar surface area (TPSA) is 109 Å². The summed E-state index contributed by atoms with van der Waals surface area (Å²) in [4.78, 5) is 31.7. The first-order valence-corrected chi connectivity index (χ1v) is 6.18. The Morgan fingerprint density at radius 1 is 1.70 bits per heavy atom. The number of primary amides is 1. The Morgan fingerprint density at radius 2 is 2.50 bits per heavy atom. The third kappa shape index (κ3) is 5.19. The summed E-state index contributed by atoms with van der Waals surface area (Å²) in [6.45, 7) is 1.40. The molecule has 0 fully saturated rings. The molecule has 1 unspecified atom stereocenters. The quantitative estimate of drug-likeness (QED) is 0.485. The second-order valence-electron chi connectivity index (χ2n) is 4.09. The van der Waals surface area contributed by atoms with Gasteiger partial charge in [0.25, 0.3) is 0 Å². The normalized spacial score (nSPS) is 18.8. The summed E-state index contributed by atoms with van der Waals surface area (Å²) < 4.78 is 4.98. The maximum absolute atomic E-state index is 11.2. The van der Waals surface area contributed by atoms with Crippen LogP contribution in [-0.2, 0) is 14.3 Å². The number of methoxy groups -OCH3 is 1. The molecule has 0 saturated carbocycles. The lowest BCUT2D eigenvalue weighted by Crippen LogP contribution is -2.40. The SMILES string of the molecule is COCCCN1C=NCC(C(N)=O)C=CN=C1NC=O. The molecule has 2 amide bonds. The zero-order chi connectivity index (χ0) is 14.8. The lowest BCUT2D eigenvalue weighted by atomic mass is 10.1. The molecule has 1 heterocycles. The first kappa shape index (κ1) is 15.8. The second-order valence-corrected chi connectivity index (χ2v) is 4.09. The van der Waals surface area contributed by atoms with Crippen molar-refractivity contribution in [2.45, 2.75) is 6.42 Å². The summed E-state index contributed by atoms with van der Waals surface area (Å²) in [6.07, 6.45) is 5.82. The number of aliphatic imine (C=N–C) groups is 2. The molecule has 1 rings (SSSR count). The van der Waals surface area contributed by atoms with Crippen molar-refractivity contribution in [1.29, 1.82) is 0 Å². The molecular formula is C12H19N5O3. The van der Waals surface area contributed by atoms with Crippen molar-refractivity contribution in [3.63, 3.8) is 0 Å². The van der Waals surface area contributed by atoms with Crippen LogP contribution in [0.5, 0.6) is 0 Å². The first-order chi connectivity index (χ1) is 9.69. The van der Waals surface area contributed by atoms with Crippen LogP contribution < -0.4 is 11.1 Å². The van der Waals surface area contributed by atoms with Crippen LogP contribution in [0.25, 0.3) is 0 Å². The molecule has 0 aromatic heterocycles. The van der Waals surface area contributed by atoms with E-state index in [9.17, 15) is 9.59 Å². The highest BCUT2D eigenvalue weighted by Crippen LogP contribution is 2.02. The monoisotopic (exact) mass is 281 g/mol. The van der Waals surface area contributed by atoms with Crippen molar-refractivity contribution < 1.29 is 14.3 Å². The Labute approximate surface area is 117 Å². The number of guanidine groups is 1. The van der Waals surface area contributed by atoms with Crippen LogP contribution in [0.15, 0.2) is 22.3 Å². The van der Waals surface area contributed by atoms with E-state index in [-0.39, 0.29) is 6.54 Å². The fourth-order valence-electron chi connectivity index (χ4n) is 1.57. The van der Waals surface area contributed by atoms with E-state index < -0.39 is 11.8 Å². The maximum atomic E-state index is 11.2. The molecule has 110 valence electrons. The number of carbonyl (C=O) groups is 2. The van der Waals surface area contributed by atoms with E-state index in [0.29, 0.717) is 25.5 Å². The average Bonchev–Trinajstić information content (AvgIpc) is 2.51. The standard InChI is InChI=1S/C12H19N5O3/c1-20-6-2-5-17-8-14-7-10(11(13)19)3-4-15-12(17)16-9-18/h3-4,8-10H,2,5-7H2,1H3,(H2,13,19)(H,15,16,18). The van der Waals surface area contributed by atoms with Gasteiger partial charge in [0.05, 0.1) is 18.8 Å². The number of nitrogens with one attached hydrogen (secondary N) is 1. The molecule has 0 spiro atoms. The van der Waals surface area contributed by atoms with E-state index in [1.807, 2.05) is 0 Å². The van der Waals surface area contributed by atoms with Gasteiger partial charge in [0, 0.05) is 26.5 Å². The van der Waals surface area contributed by atoms with E-state index in [2.05, 4.69) is 15.3 Å². The van der Waals surface area contributed by atoms with E-state index in [1.165, 1.54) is 12.5 Å². The zero-order valence-electron chi connectivity index (χ0n) is 11.4. The maximum Gasteiger partial charge on any atom is 0.226 e. The van der Waals surface area contributed by atoms with E-state index in [0.717, 1.165) is 6.42 Å². The Kier molecular flexibility index (Phi) is 6.97. The number of rotatable bonds is 6. The molecule has 0 radical (unpaired) electrons. The third-order valence-corrected chi connectivity index (χ3v) is 2.61. The molecule has 0 saturated heterocycles. The summed E-state index contributed by atoms with van der Waals surface area (Å²) in [5.74, 6) is -0.640. The second kappa shape index (κ2) is 8.81. The van der Waals surface area contributed by atoms with Crippen LogP contribution in [0.4, 0.5) is 0 Å². The largest absolute Gasteiger partial charge is 0.385 e. The van der Waals surface area contributed by atoms with E-state index in [1.54, 1.807) is 18.1 Å². The van der Waals surface area contributed by atoms with Crippen molar-refractivity contribution in [3.05, 3.63) is 12.3 Å². The van der Waals surface area contributed by atoms with Gasteiger partial charge in [-0.3, -0.25) is 19.9 Å². The van der Waals surface area contributed by atoms with Gasteiger partial charge in [0.2, 0.25) is 18.3 Å². The summed E-state index contributed by atoms with van der Waals surface area (Å²) in [7, 11) is 1.62. The molecule has 0 aliphatic carbocycles. The lowest BCUT2D eigenvalue weighted by molar-refractivity contribution is -0.120. The molecule has 3 N–H and O–H groups in total. The van der Waals surface area contributed by atoms with Crippen LogP contribution in [0, 0.1) is 5.92 Å². The van der Waals surface area contributed by atoms with Crippen molar-refractivity contribution in [2.24, 2.45) is 21.6 Å². The summed E-state index contributed by atoms with van der Waals surface area (Å²) >= 11 is 0. The molecule has 1 aliphatic rings. The molecule has 0 aromatic carbocycles. The fourth-order valence-corrected chi connectivity index (χ4v) is 1.57. The highest BCUT2D eigenvalue weighted by molar-refractivity contribution is 5.96. The van der Waals surface area contributed by atoms with Gasteiger partial charge in [-0.15, -0.1) is 0 Å². The van der Waals surface area contributed by atoms with Crippen LogP contribution in [0.2, 0.25) is 0 Å². The van der Waals surface area contributed by atoms with Crippen LogP contribution in [0.1, 0.15) is 6.42 Å². The Hall–Kier alpha value is -2.22. The average molecular weight is 281 g/mol. The summed E-state index contributed by atoms with van der Waals surface area (Å²) in [5.41, 5.74) is 5.25. The van der Waals surface area contributed by atoms with Crippen LogP contribution in [-0.4, -0.2) is 56.3 Å². The van der Waals surface area contributed by atoms with Gasteiger partial charge in [-0.1, -0.05) is 6.08 Å². The summed E-state index contributed by atoms with van der Waals surface area (Å²) in [5, 5.41) is 2.50.